The van der Waals surface area contributed by atoms with Gasteiger partial charge in [0.1, 0.15) is 5.82 Å². The number of benzene rings is 1. The van der Waals surface area contributed by atoms with Gasteiger partial charge in [-0.15, -0.1) is 0 Å². The summed E-state index contributed by atoms with van der Waals surface area (Å²) in [6, 6.07) is 6.51. The van der Waals surface area contributed by atoms with Crippen molar-refractivity contribution in [3.63, 3.8) is 0 Å². The van der Waals surface area contributed by atoms with Crippen LogP contribution >= 0.6 is 23.2 Å². The summed E-state index contributed by atoms with van der Waals surface area (Å²) in [5.41, 5.74) is 1.45. The van der Waals surface area contributed by atoms with Crippen LogP contribution in [-0.4, -0.2) is 35.6 Å². The van der Waals surface area contributed by atoms with Crippen LogP contribution < -0.4 is 5.32 Å². The van der Waals surface area contributed by atoms with E-state index >= 15 is 0 Å². The Morgan fingerprint density at radius 3 is 2.72 bits per heavy atom. The molecule has 0 saturated carbocycles. The summed E-state index contributed by atoms with van der Waals surface area (Å²) < 4.78 is 25.0. The number of aryl methyl sites for hydroxylation is 1. The molecule has 1 aromatic heterocycles. The monoisotopic (exact) mass is 401 g/mol. The molecule has 0 spiro atoms. The number of carbonyl (C=O) groups is 1. The summed E-state index contributed by atoms with van der Waals surface area (Å²) in [4.78, 5) is 12.3. The zero-order valence-electron chi connectivity index (χ0n) is 13.5. The maximum atomic E-state index is 12.3. The number of halogens is 2. The molecule has 1 atom stereocenters. The van der Waals surface area contributed by atoms with Gasteiger partial charge in [0.05, 0.1) is 39.7 Å². The van der Waals surface area contributed by atoms with E-state index in [0.29, 0.717) is 28.0 Å². The van der Waals surface area contributed by atoms with Crippen LogP contribution in [0.25, 0.3) is 0 Å². The normalized spacial score (nSPS) is 19.1. The molecule has 2 aromatic rings. The van der Waals surface area contributed by atoms with E-state index in [1.165, 1.54) is 0 Å². The van der Waals surface area contributed by atoms with Gasteiger partial charge in [-0.3, -0.25) is 4.79 Å². The Morgan fingerprint density at radius 2 is 2.08 bits per heavy atom. The lowest BCUT2D eigenvalue weighted by Gasteiger charge is -2.14. The minimum Gasteiger partial charge on any atom is -0.311 e. The number of aromatic nitrogens is 2. The predicted octanol–water partition coefficient (Wildman–Crippen LogP) is 3.04. The third-order valence-corrected chi connectivity index (χ3v) is 6.52. The van der Waals surface area contributed by atoms with Crippen molar-refractivity contribution in [1.82, 2.24) is 9.78 Å². The van der Waals surface area contributed by atoms with Gasteiger partial charge in [0.15, 0.2) is 9.84 Å². The van der Waals surface area contributed by atoms with E-state index in [0.717, 1.165) is 5.56 Å². The molecule has 1 aliphatic rings. The van der Waals surface area contributed by atoms with Gasteiger partial charge in [-0.1, -0.05) is 29.3 Å². The molecule has 2 heterocycles. The summed E-state index contributed by atoms with van der Waals surface area (Å²) in [5, 5.41) is 7.98. The first-order valence-electron chi connectivity index (χ1n) is 7.74. The SMILES string of the molecule is Cc1cc(NC(=O)Cc2ccc(Cl)c(Cl)c2)n([C@H]2CCS(=O)(=O)C2)n1. The molecule has 0 bridgehead atoms. The summed E-state index contributed by atoms with van der Waals surface area (Å²) in [6.07, 6.45) is 0.628. The van der Waals surface area contributed by atoms with E-state index in [2.05, 4.69) is 10.4 Å². The van der Waals surface area contributed by atoms with Crippen molar-refractivity contribution in [2.75, 3.05) is 16.8 Å². The van der Waals surface area contributed by atoms with Gasteiger partial charge in [-0.2, -0.15) is 5.10 Å². The number of carbonyl (C=O) groups excluding carboxylic acids is 1. The van der Waals surface area contributed by atoms with Crippen LogP contribution in [0.4, 0.5) is 5.82 Å². The van der Waals surface area contributed by atoms with Crippen molar-refractivity contribution in [2.24, 2.45) is 0 Å². The number of nitrogens with zero attached hydrogens (tertiary/aromatic N) is 2. The van der Waals surface area contributed by atoms with Crippen molar-refractivity contribution in [3.05, 3.63) is 45.6 Å². The quantitative estimate of drug-likeness (QED) is 0.853. The largest absolute Gasteiger partial charge is 0.311 e. The second-order valence-electron chi connectivity index (χ2n) is 6.15. The first kappa shape index (κ1) is 18.2. The fourth-order valence-corrected chi connectivity index (χ4v) is 4.89. The van der Waals surface area contributed by atoms with Crippen LogP contribution in [-0.2, 0) is 21.1 Å². The van der Waals surface area contributed by atoms with Crippen molar-refractivity contribution in [3.8, 4) is 0 Å². The maximum Gasteiger partial charge on any atom is 0.229 e. The van der Waals surface area contributed by atoms with Crippen molar-refractivity contribution < 1.29 is 13.2 Å². The zero-order chi connectivity index (χ0) is 18.2. The molecule has 0 unspecified atom stereocenters. The Morgan fingerprint density at radius 1 is 1.32 bits per heavy atom. The Labute approximate surface area is 156 Å². The Bertz CT molecular complexity index is 925. The van der Waals surface area contributed by atoms with Crippen molar-refractivity contribution in [2.45, 2.75) is 25.8 Å². The van der Waals surface area contributed by atoms with Gasteiger partial charge < -0.3 is 5.32 Å². The van der Waals surface area contributed by atoms with E-state index in [9.17, 15) is 13.2 Å². The zero-order valence-corrected chi connectivity index (χ0v) is 15.8. The van der Waals surface area contributed by atoms with Gasteiger partial charge in [0.2, 0.25) is 5.91 Å². The molecule has 1 fully saturated rings. The van der Waals surface area contributed by atoms with E-state index < -0.39 is 9.84 Å². The second-order valence-corrected chi connectivity index (χ2v) is 9.19. The molecule has 0 radical (unpaired) electrons. The average Bonchev–Trinajstić information content (AvgIpc) is 3.05. The molecular weight excluding hydrogens is 385 g/mol. The molecule has 25 heavy (non-hydrogen) atoms. The summed E-state index contributed by atoms with van der Waals surface area (Å²) >= 11 is 11.8. The molecule has 9 heteroatoms. The molecule has 134 valence electrons. The first-order valence-corrected chi connectivity index (χ1v) is 10.3. The van der Waals surface area contributed by atoms with Crippen LogP contribution in [0.2, 0.25) is 10.0 Å². The van der Waals surface area contributed by atoms with Gasteiger partial charge in [0, 0.05) is 6.07 Å². The number of nitrogens with one attached hydrogen (secondary N) is 1. The van der Waals surface area contributed by atoms with Crippen LogP contribution in [0.5, 0.6) is 0 Å². The minimum atomic E-state index is -3.04. The first-order chi connectivity index (χ1) is 11.7. The number of rotatable bonds is 4. The fourth-order valence-electron chi connectivity index (χ4n) is 2.88. The molecule has 3 rings (SSSR count). The van der Waals surface area contributed by atoms with E-state index in [-0.39, 0.29) is 29.9 Å². The molecule has 1 aromatic carbocycles. The average molecular weight is 402 g/mol. The summed E-state index contributed by atoms with van der Waals surface area (Å²) in [7, 11) is -3.04. The third kappa shape index (κ3) is 4.34. The van der Waals surface area contributed by atoms with Crippen LogP contribution in [0, 0.1) is 6.92 Å². The number of hydrogen-bond donors (Lipinski definition) is 1. The third-order valence-electron chi connectivity index (χ3n) is 4.03. The second kappa shape index (κ2) is 6.97. The summed E-state index contributed by atoms with van der Waals surface area (Å²) in [5.74, 6) is 0.460. The van der Waals surface area contributed by atoms with Gasteiger partial charge in [0.25, 0.3) is 0 Å². The van der Waals surface area contributed by atoms with Crippen molar-refractivity contribution in [1.29, 1.82) is 0 Å². The van der Waals surface area contributed by atoms with E-state index in [4.69, 9.17) is 23.2 Å². The fraction of sp³-hybridized carbons (Fsp3) is 0.375. The number of hydrogen-bond acceptors (Lipinski definition) is 4. The van der Waals surface area contributed by atoms with Crippen LogP contribution in [0.15, 0.2) is 24.3 Å². The Kier molecular flexibility index (Phi) is 5.09. The Hall–Kier alpha value is -1.57. The maximum absolute atomic E-state index is 12.3. The van der Waals surface area contributed by atoms with E-state index in [1.54, 1.807) is 35.9 Å². The standard InChI is InChI=1S/C16H17Cl2N3O3S/c1-10-6-15(21(20-10)12-4-5-25(23,24)9-12)19-16(22)8-11-2-3-13(17)14(18)7-11/h2-3,6-7,12H,4-5,8-9H2,1H3,(H,19,22)/t12-/m0/s1. The van der Waals surface area contributed by atoms with Crippen LogP contribution in [0.3, 0.4) is 0 Å². The molecule has 1 aliphatic heterocycles. The van der Waals surface area contributed by atoms with Gasteiger partial charge in [-0.05, 0) is 31.0 Å². The number of amides is 1. The number of sulfone groups is 1. The lowest BCUT2D eigenvalue weighted by atomic mass is 10.1. The molecule has 1 saturated heterocycles. The minimum absolute atomic E-state index is 0.0454. The molecular formula is C16H17Cl2N3O3S. The molecule has 6 nitrogen and oxygen atoms in total. The highest BCUT2D eigenvalue weighted by Crippen LogP contribution is 2.27. The molecule has 0 aliphatic carbocycles. The van der Waals surface area contributed by atoms with Gasteiger partial charge in [-0.25, -0.2) is 13.1 Å². The molecule has 1 N–H and O–H groups in total. The molecule has 1 amide bonds. The lowest BCUT2D eigenvalue weighted by molar-refractivity contribution is -0.115. The highest BCUT2D eigenvalue weighted by molar-refractivity contribution is 7.91. The highest BCUT2D eigenvalue weighted by Gasteiger charge is 2.31. The summed E-state index contributed by atoms with van der Waals surface area (Å²) in [6.45, 7) is 1.80. The van der Waals surface area contributed by atoms with Crippen molar-refractivity contribution >= 4 is 44.8 Å². The lowest BCUT2D eigenvalue weighted by Crippen LogP contribution is -2.20. The predicted molar refractivity (Wildman–Crippen MR) is 98.1 cm³/mol. The van der Waals surface area contributed by atoms with Crippen LogP contribution in [0.1, 0.15) is 23.7 Å². The topological polar surface area (TPSA) is 81.1 Å². The highest BCUT2D eigenvalue weighted by atomic mass is 35.5. The smallest absolute Gasteiger partial charge is 0.229 e. The Balaban J connectivity index is 1.74. The number of anilines is 1. The van der Waals surface area contributed by atoms with Gasteiger partial charge >= 0.3 is 0 Å². The van der Waals surface area contributed by atoms with E-state index in [1.807, 2.05) is 0 Å².